The van der Waals surface area contributed by atoms with Crippen LogP contribution in [0.15, 0.2) is 109 Å². The lowest BCUT2D eigenvalue weighted by Crippen LogP contribution is -2.47. The van der Waals surface area contributed by atoms with Crippen molar-refractivity contribution in [2.24, 2.45) is 0 Å². The quantitative estimate of drug-likeness (QED) is 0.112. The van der Waals surface area contributed by atoms with Gasteiger partial charge in [0, 0.05) is 11.4 Å². The lowest BCUT2D eigenvalue weighted by atomic mass is 10.1. The minimum Gasteiger partial charge on any atom is -0.345 e. The smallest absolute Gasteiger partial charge is 0.345 e. The Morgan fingerprint density at radius 1 is 0.545 bits per heavy atom. The van der Waals surface area contributed by atoms with E-state index < -0.39 is 47.5 Å². The third-order valence-electron chi connectivity index (χ3n) is 7.61. The van der Waals surface area contributed by atoms with E-state index in [4.69, 9.17) is 0 Å². The van der Waals surface area contributed by atoms with Crippen LogP contribution in [0.2, 0.25) is 0 Å². The van der Waals surface area contributed by atoms with Gasteiger partial charge < -0.3 is 31.9 Å². The van der Waals surface area contributed by atoms with Gasteiger partial charge >= 0.3 is 6.18 Å². The number of aryl methyl sites for hydroxylation is 1. The van der Waals surface area contributed by atoms with Crippen LogP contribution in [0.5, 0.6) is 0 Å². The molecule has 0 aliphatic heterocycles. The molecular weight excluding hydrogens is 717 g/mol. The van der Waals surface area contributed by atoms with E-state index in [1.165, 1.54) is 19.1 Å². The number of para-hydroxylation sites is 2. The topological polar surface area (TPSA) is 175 Å². The van der Waals surface area contributed by atoms with Gasteiger partial charge in [0.25, 0.3) is 0 Å². The van der Waals surface area contributed by atoms with Crippen molar-refractivity contribution in [3.63, 3.8) is 0 Å². The van der Waals surface area contributed by atoms with E-state index in [9.17, 15) is 41.9 Å². The molecule has 0 aliphatic carbocycles. The van der Waals surface area contributed by atoms with Crippen LogP contribution in [-0.2, 0) is 47.8 Å². The predicted octanol–water partition coefficient (Wildman–Crippen LogP) is 4.30. The molecule has 4 aromatic rings. The van der Waals surface area contributed by atoms with Crippen LogP contribution >= 0.6 is 0 Å². The summed E-state index contributed by atoms with van der Waals surface area (Å²) in [6.45, 7) is 4.52. The maximum atomic E-state index is 12.7. The Hall–Kier alpha value is -6.51. The average Bonchev–Trinajstić information content (AvgIpc) is 3.14. The number of anilines is 2. The summed E-state index contributed by atoms with van der Waals surface area (Å²) >= 11 is 0. The molecule has 6 amide bonds. The number of alkyl halides is 3. The number of hydrogen-bond acceptors (Lipinski definition) is 6. The van der Waals surface area contributed by atoms with Gasteiger partial charge in [0.1, 0.15) is 12.1 Å². The molecule has 0 bridgehead atoms. The molecule has 0 aliphatic rings. The SMILES string of the molecule is C[C@H](NC(=O)Cc1cccc(C(F)(F)F)c1)C(=O)NCC(=O)Nc1ccccc1.Cc1ccc(CC(=O)N[C@@H](C)C(=O)NCC(=O)Nc2ccccc2)cc1. The molecule has 4 rings (SSSR count). The molecule has 0 saturated carbocycles. The second-order valence-corrected chi connectivity index (χ2v) is 12.4. The molecule has 0 spiro atoms. The van der Waals surface area contributed by atoms with E-state index in [0.717, 1.165) is 23.3 Å². The maximum Gasteiger partial charge on any atom is 0.416 e. The van der Waals surface area contributed by atoms with Gasteiger partial charge in [-0.15, -0.1) is 0 Å². The maximum absolute atomic E-state index is 12.7. The Labute approximate surface area is 316 Å². The highest BCUT2D eigenvalue weighted by molar-refractivity contribution is 5.97. The van der Waals surface area contributed by atoms with Gasteiger partial charge in [-0.05, 0) is 62.2 Å². The van der Waals surface area contributed by atoms with Gasteiger partial charge in [0.2, 0.25) is 35.4 Å². The summed E-state index contributed by atoms with van der Waals surface area (Å²) in [5, 5.41) is 15.2. The second-order valence-electron chi connectivity index (χ2n) is 12.4. The van der Waals surface area contributed by atoms with Gasteiger partial charge in [-0.2, -0.15) is 13.2 Å². The zero-order valence-corrected chi connectivity index (χ0v) is 30.5. The highest BCUT2D eigenvalue weighted by Crippen LogP contribution is 2.29. The number of amides is 6. The van der Waals surface area contributed by atoms with Crippen LogP contribution < -0.4 is 31.9 Å². The molecule has 0 saturated heterocycles. The van der Waals surface area contributed by atoms with Crippen LogP contribution in [0.4, 0.5) is 24.5 Å². The fourth-order valence-electron chi connectivity index (χ4n) is 4.74. The average molecular weight is 761 g/mol. The number of carbonyl (C=O) groups is 6. The predicted molar refractivity (Wildman–Crippen MR) is 201 cm³/mol. The summed E-state index contributed by atoms with van der Waals surface area (Å²) < 4.78 is 38.2. The zero-order valence-electron chi connectivity index (χ0n) is 30.5. The fourth-order valence-corrected chi connectivity index (χ4v) is 4.74. The van der Waals surface area contributed by atoms with Crippen LogP contribution in [0.1, 0.15) is 36.1 Å². The molecule has 6 N–H and O–H groups in total. The van der Waals surface area contributed by atoms with Gasteiger partial charge in [0.05, 0.1) is 31.5 Å². The molecule has 55 heavy (non-hydrogen) atoms. The van der Waals surface area contributed by atoms with E-state index in [2.05, 4.69) is 31.9 Å². The van der Waals surface area contributed by atoms with Crippen LogP contribution in [0.3, 0.4) is 0 Å². The number of halogens is 3. The Morgan fingerprint density at radius 3 is 1.42 bits per heavy atom. The monoisotopic (exact) mass is 760 g/mol. The molecule has 0 radical (unpaired) electrons. The van der Waals surface area contributed by atoms with Crippen molar-refractivity contribution >= 4 is 46.8 Å². The van der Waals surface area contributed by atoms with Crippen molar-refractivity contribution in [2.75, 3.05) is 23.7 Å². The standard InChI is InChI=1S/C20H20F3N3O3.C20H23N3O3/c1-13(19(29)24-12-18(28)26-16-8-3-2-4-9-16)25-17(27)11-14-6-5-7-15(10-14)20(21,22)23;1-14-8-10-16(11-9-14)12-18(24)22-15(2)20(26)21-13-19(25)23-17-6-4-3-5-7-17/h2-10,13H,11-12H2,1H3,(H,24,29)(H,25,27)(H,26,28);3-11,15H,12-13H2,1-2H3,(H,21,26)(H,22,24)(H,23,25)/t13-;15-/m00/s1. The van der Waals surface area contributed by atoms with Crippen molar-refractivity contribution in [2.45, 2.75) is 51.9 Å². The third kappa shape index (κ3) is 16.4. The molecular formula is C40H43F3N6O6. The van der Waals surface area contributed by atoms with E-state index in [1.54, 1.807) is 61.5 Å². The van der Waals surface area contributed by atoms with Gasteiger partial charge in [-0.25, -0.2) is 0 Å². The van der Waals surface area contributed by atoms with Crippen molar-refractivity contribution < 1.29 is 41.9 Å². The van der Waals surface area contributed by atoms with E-state index in [-0.39, 0.29) is 43.3 Å². The molecule has 12 nitrogen and oxygen atoms in total. The first-order valence-electron chi connectivity index (χ1n) is 17.1. The highest BCUT2D eigenvalue weighted by Gasteiger charge is 2.30. The third-order valence-corrected chi connectivity index (χ3v) is 7.61. The van der Waals surface area contributed by atoms with E-state index in [0.29, 0.717) is 11.4 Å². The zero-order chi connectivity index (χ0) is 40.4. The second kappa shape index (κ2) is 21.3. The van der Waals surface area contributed by atoms with Crippen LogP contribution in [0.25, 0.3) is 0 Å². The Balaban J connectivity index is 0.000000297. The molecule has 0 fully saturated rings. The van der Waals surface area contributed by atoms with Gasteiger partial charge in [-0.1, -0.05) is 84.4 Å². The normalized spacial score (nSPS) is 11.7. The summed E-state index contributed by atoms with van der Waals surface area (Å²) in [5.41, 5.74) is 2.56. The number of benzene rings is 4. The van der Waals surface area contributed by atoms with Crippen LogP contribution in [-0.4, -0.2) is 60.6 Å². The summed E-state index contributed by atoms with van der Waals surface area (Å²) in [6.07, 6.45) is -4.61. The number of hydrogen-bond donors (Lipinski definition) is 6. The Bertz CT molecular complexity index is 1910. The summed E-state index contributed by atoms with van der Waals surface area (Å²) in [5.74, 6) is -2.63. The van der Waals surface area contributed by atoms with Crippen LogP contribution in [0, 0.1) is 6.92 Å². The lowest BCUT2D eigenvalue weighted by Gasteiger charge is -2.14. The Morgan fingerprint density at radius 2 is 0.982 bits per heavy atom. The summed E-state index contributed by atoms with van der Waals surface area (Å²) in [4.78, 5) is 71.7. The van der Waals surface area contributed by atoms with E-state index in [1.807, 2.05) is 37.3 Å². The number of nitrogens with one attached hydrogen (secondary N) is 6. The first kappa shape index (κ1) is 42.9. The highest BCUT2D eigenvalue weighted by atomic mass is 19.4. The Kier molecular flexibility index (Phi) is 16.6. The molecule has 0 aromatic heterocycles. The van der Waals surface area contributed by atoms with Crippen molar-refractivity contribution in [1.82, 2.24) is 21.3 Å². The number of carbonyl (C=O) groups excluding carboxylic acids is 6. The minimum atomic E-state index is -4.50. The van der Waals surface area contributed by atoms with Crippen molar-refractivity contribution in [3.8, 4) is 0 Å². The first-order valence-corrected chi connectivity index (χ1v) is 17.1. The largest absolute Gasteiger partial charge is 0.416 e. The molecule has 0 heterocycles. The summed E-state index contributed by atoms with van der Waals surface area (Å²) in [7, 11) is 0. The minimum absolute atomic E-state index is 0.161. The molecule has 2 atom stereocenters. The summed E-state index contributed by atoms with van der Waals surface area (Å²) in [6, 6.07) is 28.0. The fraction of sp³-hybridized carbons (Fsp3) is 0.250. The van der Waals surface area contributed by atoms with E-state index >= 15 is 0 Å². The van der Waals surface area contributed by atoms with Crippen molar-refractivity contribution in [3.05, 3.63) is 131 Å². The first-order chi connectivity index (χ1) is 26.1. The molecule has 15 heteroatoms. The molecule has 4 aromatic carbocycles. The van der Waals surface area contributed by atoms with Crippen molar-refractivity contribution in [1.29, 1.82) is 0 Å². The molecule has 0 unspecified atom stereocenters. The van der Waals surface area contributed by atoms with Gasteiger partial charge in [-0.3, -0.25) is 28.8 Å². The van der Waals surface area contributed by atoms with Gasteiger partial charge in [0.15, 0.2) is 0 Å². The molecule has 290 valence electrons. The number of rotatable bonds is 14. The lowest BCUT2D eigenvalue weighted by molar-refractivity contribution is -0.137.